The van der Waals surface area contributed by atoms with Crippen LogP contribution < -0.4 is 0 Å². The number of carbonyl (C=O) groups excluding carboxylic acids is 2. The van der Waals surface area contributed by atoms with E-state index >= 15 is 0 Å². The summed E-state index contributed by atoms with van der Waals surface area (Å²) in [6.45, 7) is 9.06. The maximum atomic E-state index is 13.3. The molecule has 1 fully saturated rings. The molecule has 0 saturated carbocycles. The van der Waals surface area contributed by atoms with Gasteiger partial charge in [-0.1, -0.05) is 65.8 Å². The van der Waals surface area contributed by atoms with Gasteiger partial charge in [0.2, 0.25) is 5.91 Å². The standard InChI is InChI=1S/C27H29N3O3/c1-4-14-29-15-16-30(27(32)25-19(2)28-33-20(25)3)18-24(26(29)31)17-21-10-12-23(13-11-21)22-8-6-5-7-9-22/h4-13,24H,1,14-18H2,2-3H3/t24-/m1/s1. The summed E-state index contributed by atoms with van der Waals surface area (Å²) >= 11 is 0. The minimum absolute atomic E-state index is 0.0519. The van der Waals surface area contributed by atoms with Crippen molar-refractivity contribution in [1.29, 1.82) is 0 Å². The van der Waals surface area contributed by atoms with E-state index in [9.17, 15) is 9.59 Å². The van der Waals surface area contributed by atoms with Crippen molar-refractivity contribution in [3.8, 4) is 11.1 Å². The van der Waals surface area contributed by atoms with Crippen molar-refractivity contribution in [2.45, 2.75) is 20.3 Å². The smallest absolute Gasteiger partial charge is 0.259 e. The number of aryl methyl sites for hydroxylation is 2. The van der Waals surface area contributed by atoms with Gasteiger partial charge in [0, 0.05) is 26.2 Å². The largest absolute Gasteiger partial charge is 0.361 e. The molecule has 6 heteroatoms. The van der Waals surface area contributed by atoms with Gasteiger partial charge in [0.25, 0.3) is 5.91 Å². The van der Waals surface area contributed by atoms with Crippen LogP contribution in [0.5, 0.6) is 0 Å². The molecule has 0 N–H and O–H groups in total. The van der Waals surface area contributed by atoms with Gasteiger partial charge in [-0.2, -0.15) is 0 Å². The fraction of sp³-hybridized carbons (Fsp3) is 0.296. The Kier molecular flexibility index (Phi) is 6.73. The van der Waals surface area contributed by atoms with Gasteiger partial charge in [-0.05, 0) is 37.0 Å². The lowest BCUT2D eigenvalue weighted by atomic mass is 9.95. The first-order valence-electron chi connectivity index (χ1n) is 11.2. The third-order valence-corrected chi connectivity index (χ3v) is 6.17. The molecule has 2 aromatic carbocycles. The lowest BCUT2D eigenvalue weighted by molar-refractivity contribution is -0.134. The number of benzene rings is 2. The summed E-state index contributed by atoms with van der Waals surface area (Å²) in [6, 6.07) is 18.5. The van der Waals surface area contributed by atoms with Crippen LogP contribution in [-0.2, 0) is 11.2 Å². The first kappa shape index (κ1) is 22.5. The van der Waals surface area contributed by atoms with Crippen molar-refractivity contribution >= 4 is 11.8 Å². The molecular formula is C27H29N3O3. The quantitative estimate of drug-likeness (QED) is 0.533. The van der Waals surface area contributed by atoms with E-state index in [-0.39, 0.29) is 17.7 Å². The van der Waals surface area contributed by atoms with Crippen molar-refractivity contribution in [3.63, 3.8) is 0 Å². The second kappa shape index (κ2) is 9.86. The zero-order chi connectivity index (χ0) is 23.4. The lowest BCUT2D eigenvalue weighted by Gasteiger charge is -2.23. The van der Waals surface area contributed by atoms with Crippen LogP contribution in [0.2, 0.25) is 0 Å². The number of aromatic nitrogens is 1. The van der Waals surface area contributed by atoms with Crippen LogP contribution in [0.1, 0.15) is 27.4 Å². The van der Waals surface area contributed by atoms with Crippen LogP contribution in [-0.4, -0.2) is 52.9 Å². The summed E-state index contributed by atoms with van der Waals surface area (Å²) in [6.07, 6.45) is 2.29. The minimum atomic E-state index is -0.334. The predicted octanol–water partition coefficient (Wildman–Crippen LogP) is 4.29. The van der Waals surface area contributed by atoms with Crippen molar-refractivity contribution in [2.24, 2.45) is 5.92 Å². The van der Waals surface area contributed by atoms with E-state index in [1.807, 2.05) is 18.2 Å². The van der Waals surface area contributed by atoms with Crippen LogP contribution >= 0.6 is 0 Å². The molecule has 4 rings (SSSR count). The fourth-order valence-corrected chi connectivity index (χ4v) is 4.41. The summed E-state index contributed by atoms with van der Waals surface area (Å²) in [4.78, 5) is 30.2. The van der Waals surface area contributed by atoms with Gasteiger partial charge in [-0.3, -0.25) is 9.59 Å². The molecule has 1 aliphatic heterocycles. The molecule has 0 spiro atoms. The summed E-state index contributed by atoms with van der Waals surface area (Å²) in [5, 5.41) is 3.92. The molecule has 0 radical (unpaired) electrons. The zero-order valence-corrected chi connectivity index (χ0v) is 19.2. The Morgan fingerprint density at radius 2 is 1.79 bits per heavy atom. The van der Waals surface area contributed by atoms with Crippen LogP contribution in [0.4, 0.5) is 0 Å². The van der Waals surface area contributed by atoms with E-state index in [2.05, 4.69) is 48.1 Å². The summed E-state index contributed by atoms with van der Waals surface area (Å²) < 4.78 is 5.20. The molecule has 0 unspecified atom stereocenters. The van der Waals surface area contributed by atoms with Crippen molar-refractivity contribution in [1.82, 2.24) is 15.0 Å². The minimum Gasteiger partial charge on any atom is -0.361 e. The molecule has 33 heavy (non-hydrogen) atoms. The lowest BCUT2D eigenvalue weighted by Crippen LogP contribution is -2.38. The molecule has 6 nitrogen and oxygen atoms in total. The molecule has 0 aliphatic carbocycles. The highest BCUT2D eigenvalue weighted by Gasteiger charge is 2.33. The number of rotatable bonds is 6. The van der Waals surface area contributed by atoms with Crippen LogP contribution in [0.25, 0.3) is 11.1 Å². The van der Waals surface area contributed by atoms with E-state index < -0.39 is 0 Å². The first-order chi connectivity index (χ1) is 16.0. The number of nitrogens with zero attached hydrogens (tertiary/aromatic N) is 3. The van der Waals surface area contributed by atoms with Gasteiger partial charge >= 0.3 is 0 Å². The fourth-order valence-electron chi connectivity index (χ4n) is 4.41. The Hall–Kier alpha value is -3.67. The van der Waals surface area contributed by atoms with Gasteiger partial charge < -0.3 is 14.3 Å². The highest BCUT2D eigenvalue weighted by atomic mass is 16.5. The van der Waals surface area contributed by atoms with Gasteiger partial charge in [0.15, 0.2) is 0 Å². The van der Waals surface area contributed by atoms with Crippen LogP contribution in [0.3, 0.4) is 0 Å². The molecule has 170 valence electrons. The number of hydrogen-bond acceptors (Lipinski definition) is 4. The first-order valence-corrected chi connectivity index (χ1v) is 11.2. The zero-order valence-electron chi connectivity index (χ0n) is 19.2. The molecular weight excluding hydrogens is 414 g/mol. The molecule has 1 saturated heterocycles. The molecule has 1 atom stereocenters. The maximum Gasteiger partial charge on any atom is 0.259 e. The number of carbonyl (C=O) groups is 2. The maximum absolute atomic E-state index is 13.3. The molecule has 3 aromatic rings. The van der Waals surface area contributed by atoms with Crippen molar-refractivity contribution in [2.75, 3.05) is 26.2 Å². The summed E-state index contributed by atoms with van der Waals surface area (Å²) in [5.41, 5.74) is 4.42. The highest BCUT2D eigenvalue weighted by molar-refractivity contribution is 5.96. The Morgan fingerprint density at radius 1 is 1.09 bits per heavy atom. The van der Waals surface area contributed by atoms with E-state index in [0.717, 1.165) is 16.7 Å². The van der Waals surface area contributed by atoms with Crippen LogP contribution in [0, 0.1) is 19.8 Å². The summed E-state index contributed by atoms with van der Waals surface area (Å²) in [5.74, 6) is 0.0866. The summed E-state index contributed by atoms with van der Waals surface area (Å²) in [7, 11) is 0. The Morgan fingerprint density at radius 3 is 2.42 bits per heavy atom. The van der Waals surface area contributed by atoms with Crippen molar-refractivity contribution < 1.29 is 14.1 Å². The monoisotopic (exact) mass is 443 g/mol. The molecule has 0 bridgehead atoms. The third kappa shape index (κ3) is 4.90. The van der Waals surface area contributed by atoms with Gasteiger partial charge in [-0.25, -0.2) is 0 Å². The SMILES string of the molecule is C=CCN1CCN(C(=O)c2c(C)noc2C)C[C@@H](Cc2ccc(-c3ccccc3)cc2)C1=O. The Bertz CT molecular complexity index is 1120. The predicted molar refractivity (Wildman–Crippen MR) is 128 cm³/mol. The third-order valence-electron chi connectivity index (χ3n) is 6.17. The van der Waals surface area contributed by atoms with E-state index in [4.69, 9.17) is 4.52 Å². The van der Waals surface area contributed by atoms with Crippen LogP contribution in [0.15, 0.2) is 71.8 Å². The highest BCUT2D eigenvalue weighted by Crippen LogP contribution is 2.24. The van der Waals surface area contributed by atoms with Crippen molar-refractivity contribution in [3.05, 3.63) is 89.8 Å². The molecule has 2 amide bonds. The van der Waals surface area contributed by atoms with E-state index in [1.165, 1.54) is 0 Å². The number of hydrogen-bond donors (Lipinski definition) is 0. The Balaban J connectivity index is 1.56. The second-order valence-electron chi connectivity index (χ2n) is 8.49. The van der Waals surface area contributed by atoms with E-state index in [0.29, 0.717) is 49.6 Å². The second-order valence-corrected chi connectivity index (χ2v) is 8.49. The van der Waals surface area contributed by atoms with Gasteiger partial charge in [0.05, 0.1) is 11.6 Å². The number of amides is 2. The topological polar surface area (TPSA) is 66.7 Å². The molecule has 1 aliphatic rings. The van der Waals surface area contributed by atoms with Gasteiger partial charge in [0.1, 0.15) is 11.3 Å². The molecule has 2 heterocycles. The average Bonchev–Trinajstić information content (AvgIpc) is 3.09. The normalized spacial score (nSPS) is 16.5. The average molecular weight is 444 g/mol. The van der Waals surface area contributed by atoms with Gasteiger partial charge in [-0.15, -0.1) is 6.58 Å². The van der Waals surface area contributed by atoms with E-state index in [1.54, 1.807) is 29.7 Å². The molecule has 1 aromatic heterocycles. The Labute approximate surface area is 194 Å².